The summed E-state index contributed by atoms with van der Waals surface area (Å²) in [6.45, 7) is 3.30. The van der Waals surface area contributed by atoms with Gasteiger partial charge in [-0.2, -0.15) is 0 Å². The molecule has 0 bridgehead atoms. The molecule has 0 spiro atoms. The molecule has 1 unspecified atom stereocenters. The van der Waals surface area contributed by atoms with Gasteiger partial charge < -0.3 is 5.32 Å². The largest absolute Gasteiger partial charge is 0.320 e. The zero-order valence-corrected chi connectivity index (χ0v) is 10.3. The molecule has 84 valence electrons. The van der Waals surface area contributed by atoms with Crippen molar-refractivity contribution in [2.45, 2.75) is 32.1 Å². The summed E-state index contributed by atoms with van der Waals surface area (Å²) < 4.78 is 0. The van der Waals surface area contributed by atoms with E-state index >= 15 is 0 Å². The lowest BCUT2D eigenvalue weighted by Gasteiger charge is -2.16. The summed E-state index contributed by atoms with van der Waals surface area (Å²) >= 11 is 6.01. The van der Waals surface area contributed by atoms with E-state index in [0.29, 0.717) is 5.92 Å². The molecule has 1 atom stereocenters. The van der Waals surface area contributed by atoms with Crippen molar-refractivity contribution in [3.8, 4) is 0 Å². The summed E-state index contributed by atoms with van der Waals surface area (Å²) in [5, 5.41) is 4.05. The van der Waals surface area contributed by atoms with E-state index in [1.165, 1.54) is 24.8 Å². The van der Waals surface area contributed by atoms with Crippen LogP contribution in [0.1, 0.15) is 37.7 Å². The first-order valence-corrected chi connectivity index (χ1v) is 6.05. The molecule has 1 aromatic rings. The molecule has 1 rings (SSSR count). The van der Waals surface area contributed by atoms with Gasteiger partial charge in [0.2, 0.25) is 0 Å². The summed E-state index contributed by atoms with van der Waals surface area (Å²) in [5.41, 5.74) is 1.37. The van der Waals surface area contributed by atoms with Crippen LogP contribution in [0.15, 0.2) is 24.3 Å². The van der Waals surface area contributed by atoms with Crippen molar-refractivity contribution in [2.24, 2.45) is 0 Å². The molecule has 1 aromatic carbocycles. The van der Waals surface area contributed by atoms with Crippen LogP contribution in [0.2, 0.25) is 5.02 Å². The van der Waals surface area contributed by atoms with E-state index < -0.39 is 0 Å². The fraction of sp³-hybridized carbons (Fsp3) is 0.538. The molecule has 0 heterocycles. The maximum Gasteiger partial charge on any atom is 0.0408 e. The number of hydrogen-bond donors (Lipinski definition) is 1. The third-order valence-electron chi connectivity index (χ3n) is 2.70. The molecule has 0 saturated heterocycles. The smallest absolute Gasteiger partial charge is 0.0408 e. The highest BCUT2D eigenvalue weighted by atomic mass is 35.5. The highest BCUT2D eigenvalue weighted by Crippen LogP contribution is 2.26. The summed E-state index contributed by atoms with van der Waals surface area (Å²) in [6.07, 6.45) is 3.65. The molecule has 0 radical (unpaired) electrons. The average Bonchev–Trinajstić information content (AvgIpc) is 2.24. The highest BCUT2D eigenvalue weighted by Gasteiger charge is 2.09. The molecule has 15 heavy (non-hydrogen) atoms. The minimum absolute atomic E-state index is 0.640. The second-order valence-corrected chi connectivity index (χ2v) is 4.37. The van der Waals surface area contributed by atoms with Crippen LogP contribution in [0.4, 0.5) is 0 Å². The van der Waals surface area contributed by atoms with Crippen molar-refractivity contribution < 1.29 is 0 Å². The van der Waals surface area contributed by atoms with E-state index in [1.807, 2.05) is 19.2 Å². The summed E-state index contributed by atoms with van der Waals surface area (Å²) in [6, 6.07) is 8.26. The minimum atomic E-state index is 0.640. The Labute approximate surface area is 97.8 Å². The summed E-state index contributed by atoms with van der Waals surface area (Å²) in [5.74, 6) is 0.640. The second kappa shape index (κ2) is 6.86. The van der Waals surface area contributed by atoms with Gasteiger partial charge in [0.15, 0.2) is 0 Å². The fourth-order valence-corrected chi connectivity index (χ4v) is 2.10. The Kier molecular flexibility index (Phi) is 5.74. The molecule has 0 fully saturated rings. The summed E-state index contributed by atoms with van der Waals surface area (Å²) in [4.78, 5) is 0. The van der Waals surface area contributed by atoms with E-state index in [2.05, 4.69) is 24.4 Å². The maximum atomic E-state index is 6.01. The lowest BCUT2D eigenvalue weighted by molar-refractivity contribution is 0.551. The van der Waals surface area contributed by atoms with Crippen molar-refractivity contribution in [1.82, 2.24) is 5.32 Å². The van der Waals surface area contributed by atoms with Gasteiger partial charge in [0.25, 0.3) is 0 Å². The Morgan fingerprint density at radius 2 is 2.13 bits per heavy atom. The molecule has 0 aliphatic heterocycles. The van der Waals surface area contributed by atoms with Crippen LogP contribution in [0.25, 0.3) is 0 Å². The molecule has 1 nitrogen and oxygen atoms in total. The third kappa shape index (κ3) is 4.23. The van der Waals surface area contributed by atoms with Crippen LogP contribution in [0, 0.1) is 0 Å². The topological polar surface area (TPSA) is 12.0 Å². The summed E-state index contributed by atoms with van der Waals surface area (Å²) in [7, 11) is 2.00. The van der Waals surface area contributed by atoms with E-state index in [1.54, 1.807) is 0 Å². The quantitative estimate of drug-likeness (QED) is 0.776. The number of nitrogens with one attached hydrogen (secondary N) is 1. The Hall–Kier alpha value is -0.530. The molecular formula is C13H20ClN. The van der Waals surface area contributed by atoms with Crippen LogP contribution in [-0.2, 0) is 0 Å². The fourth-order valence-electron chi connectivity index (χ4n) is 1.91. The van der Waals surface area contributed by atoms with Crippen molar-refractivity contribution in [1.29, 1.82) is 0 Å². The van der Waals surface area contributed by atoms with Gasteiger partial charge in [-0.25, -0.2) is 0 Å². The van der Waals surface area contributed by atoms with Crippen LogP contribution < -0.4 is 5.32 Å². The van der Waals surface area contributed by atoms with Crippen LogP contribution in [0.3, 0.4) is 0 Å². The van der Waals surface area contributed by atoms with E-state index in [9.17, 15) is 0 Å². The Morgan fingerprint density at radius 3 is 2.73 bits per heavy atom. The second-order valence-electron chi connectivity index (χ2n) is 3.93. The van der Waals surface area contributed by atoms with Crippen LogP contribution >= 0.6 is 11.6 Å². The van der Waals surface area contributed by atoms with Gasteiger partial charge in [0.05, 0.1) is 0 Å². The minimum Gasteiger partial charge on any atom is -0.320 e. The monoisotopic (exact) mass is 225 g/mol. The SMILES string of the molecule is CCCC(CCNC)c1cccc(Cl)c1. The van der Waals surface area contributed by atoms with E-state index in [-0.39, 0.29) is 0 Å². The molecule has 0 aromatic heterocycles. The van der Waals surface area contributed by atoms with E-state index in [0.717, 1.165) is 11.6 Å². The predicted molar refractivity (Wildman–Crippen MR) is 67.6 cm³/mol. The molecular weight excluding hydrogens is 206 g/mol. The average molecular weight is 226 g/mol. The number of hydrogen-bond acceptors (Lipinski definition) is 1. The maximum absolute atomic E-state index is 6.01. The first-order valence-electron chi connectivity index (χ1n) is 5.68. The van der Waals surface area contributed by atoms with Gasteiger partial charge in [-0.05, 0) is 50.0 Å². The van der Waals surface area contributed by atoms with Crippen molar-refractivity contribution >= 4 is 11.6 Å². The van der Waals surface area contributed by atoms with Gasteiger partial charge in [-0.3, -0.25) is 0 Å². The van der Waals surface area contributed by atoms with Crippen LogP contribution in [0.5, 0.6) is 0 Å². The van der Waals surface area contributed by atoms with Crippen molar-refractivity contribution in [2.75, 3.05) is 13.6 Å². The van der Waals surface area contributed by atoms with Gasteiger partial charge in [0, 0.05) is 5.02 Å². The van der Waals surface area contributed by atoms with Crippen LogP contribution in [-0.4, -0.2) is 13.6 Å². The van der Waals surface area contributed by atoms with Gasteiger partial charge in [-0.15, -0.1) is 0 Å². The van der Waals surface area contributed by atoms with Crippen molar-refractivity contribution in [3.05, 3.63) is 34.9 Å². The molecule has 0 amide bonds. The Morgan fingerprint density at radius 1 is 1.33 bits per heavy atom. The standard InChI is InChI=1S/C13H20ClN/c1-3-5-11(8-9-15-2)12-6-4-7-13(14)10-12/h4,6-7,10-11,15H,3,5,8-9H2,1-2H3. The predicted octanol–water partition coefficient (Wildman–Crippen LogP) is 3.83. The number of halogens is 1. The third-order valence-corrected chi connectivity index (χ3v) is 2.94. The zero-order valence-electron chi connectivity index (χ0n) is 9.59. The number of benzene rings is 1. The lowest BCUT2D eigenvalue weighted by Crippen LogP contribution is -2.12. The molecule has 0 saturated carbocycles. The van der Waals surface area contributed by atoms with Gasteiger partial charge in [0.1, 0.15) is 0 Å². The van der Waals surface area contributed by atoms with Crippen molar-refractivity contribution in [3.63, 3.8) is 0 Å². The normalized spacial score (nSPS) is 12.7. The Balaban J connectivity index is 2.69. The zero-order chi connectivity index (χ0) is 11.1. The highest BCUT2D eigenvalue weighted by molar-refractivity contribution is 6.30. The van der Waals surface area contributed by atoms with E-state index in [4.69, 9.17) is 11.6 Å². The molecule has 1 N–H and O–H groups in total. The Bertz CT molecular complexity index is 286. The molecule has 0 aliphatic carbocycles. The lowest BCUT2D eigenvalue weighted by atomic mass is 9.91. The van der Waals surface area contributed by atoms with Gasteiger partial charge >= 0.3 is 0 Å². The first kappa shape index (κ1) is 12.5. The molecule has 2 heteroatoms. The molecule has 0 aliphatic rings. The number of rotatable bonds is 6. The van der Waals surface area contributed by atoms with Gasteiger partial charge in [-0.1, -0.05) is 37.1 Å². The first-order chi connectivity index (χ1) is 7.27.